The first-order valence-electron chi connectivity index (χ1n) is 6.09. The summed E-state index contributed by atoms with van der Waals surface area (Å²) in [5.74, 6) is 0. The second kappa shape index (κ2) is 6.66. The minimum atomic E-state index is 0.561. The zero-order valence-corrected chi connectivity index (χ0v) is 10.9. The van der Waals surface area contributed by atoms with Gasteiger partial charge in [0.1, 0.15) is 0 Å². The van der Waals surface area contributed by atoms with Crippen LogP contribution in [0.15, 0.2) is 6.20 Å². The molecule has 1 aromatic heterocycles. The zero-order valence-electron chi connectivity index (χ0n) is 10.9. The molecule has 0 unspecified atom stereocenters. The lowest BCUT2D eigenvalue weighted by Gasteiger charge is -2.08. The van der Waals surface area contributed by atoms with E-state index in [1.807, 2.05) is 11.7 Å². The third kappa shape index (κ3) is 4.33. The predicted octanol–water partition coefficient (Wildman–Crippen LogP) is 1.07. The van der Waals surface area contributed by atoms with E-state index < -0.39 is 0 Å². The van der Waals surface area contributed by atoms with Gasteiger partial charge in [-0.15, -0.1) is 0 Å². The van der Waals surface area contributed by atoms with Crippen LogP contribution in [0.3, 0.4) is 0 Å². The van der Waals surface area contributed by atoms with E-state index in [1.165, 1.54) is 11.3 Å². The summed E-state index contributed by atoms with van der Waals surface area (Å²) >= 11 is 0. The second-order valence-electron chi connectivity index (χ2n) is 4.41. The highest BCUT2D eigenvalue weighted by atomic mass is 15.3. The Morgan fingerprint density at radius 2 is 2.12 bits per heavy atom. The van der Waals surface area contributed by atoms with Crippen molar-refractivity contribution in [3.8, 4) is 0 Å². The highest BCUT2D eigenvalue weighted by Crippen LogP contribution is 2.06. The largest absolute Gasteiger partial charge is 0.313 e. The van der Waals surface area contributed by atoms with Crippen LogP contribution in [0.5, 0.6) is 0 Å². The van der Waals surface area contributed by atoms with Gasteiger partial charge in [0.2, 0.25) is 0 Å². The maximum Gasteiger partial charge on any atom is 0.0666 e. The van der Waals surface area contributed by atoms with Crippen molar-refractivity contribution in [2.24, 2.45) is 7.05 Å². The lowest BCUT2D eigenvalue weighted by Crippen LogP contribution is -2.31. The van der Waals surface area contributed by atoms with Crippen LogP contribution in [-0.2, 0) is 20.0 Å². The molecule has 0 fully saturated rings. The average Bonchev–Trinajstić information content (AvgIpc) is 2.58. The van der Waals surface area contributed by atoms with Gasteiger partial charge >= 0.3 is 0 Å². The van der Waals surface area contributed by atoms with Crippen LogP contribution in [0.1, 0.15) is 32.0 Å². The lowest BCUT2D eigenvalue weighted by atomic mass is 10.2. The van der Waals surface area contributed by atoms with E-state index in [4.69, 9.17) is 0 Å². The summed E-state index contributed by atoms with van der Waals surface area (Å²) in [5.41, 5.74) is 2.52. The van der Waals surface area contributed by atoms with Crippen molar-refractivity contribution in [1.82, 2.24) is 20.4 Å². The van der Waals surface area contributed by atoms with Crippen LogP contribution in [-0.4, -0.2) is 28.9 Å². The van der Waals surface area contributed by atoms with Gasteiger partial charge in [-0.05, 0) is 6.42 Å². The zero-order chi connectivity index (χ0) is 12.0. The van der Waals surface area contributed by atoms with Gasteiger partial charge in [0.15, 0.2) is 0 Å². The van der Waals surface area contributed by atoms with Crippen molar-refractivity contribution in [2.75, 3.05) is 13.1 Å². The van der Waals surface area contributed by atoms with Gasteiger partial charge in [0, 0.05) is 44.5 Å². The second-order valence-corrected chi connectivity index (χ2v) is 4.41. The number of nitrogens with zero attached hydrogens (tertiary/aromatic N) is 2. The number of hydrogen-bond donors (Lipinski definition) is 2. The summed E-state index contributed by atoms with van der Waals surface area (Å²) in [6.45, 7) is 9.39. The van der Waals surface area contributed by atoms with Gasteiger partial charge in [0.25, 0.3) is 0 Å². The summed E-state index contributed by atoms with van der Waals surface area (Å²) < 4.78 is 1.89. The van der Waals surface area contributed by atoms with Crippen molar-refractivity contribution in [2.45, 2.75) is 39.8 Å². The fraction of sp³-hybridized carbons (Fsp3) is 0.750. The Hall–Kier alpha value is -0.870. The minimum absolute atomic E-state index is 0.561. The Balaban J connectivity index is 2.26. The van der Waals surface area contributed by atoms with Crippen LogP contribution >= 0.6 is 0 Å². The van der Waals surface area contributed by atoms with E-state index in [0.29, 0.717) is 6.04 Å². The van der Waals surface area contributed by atoms with E-state index in [9.17, 15) is 0 Å². The maximum absolute atomic E-state index is 4.42. The monoisotopic (exact) mass is 224 g/mol. The lowest BCUT2D eigenvalue weighted by molar-refractivity contribution is 0.555. The molecule has 0 aliphatic carbocycles. The van der Waals surface area contributed by atoms with E-state index in [2.05, 4.69) is 42.7 Å². The van der Waals surface area contributed by atoms with Crippen molar-refractivity contribution in [3.63, 3.8) is 0 Å². The molecule has 1 heterocycles. The van der Waals surface area contributed by atoms with E-state index in [-0.39, 0.29) is 0 Å². The summed E-state index contributed by atoms with van der Waals surface area (Å²) in [4.78, 5) is 0. The molecular weight excluding hydrogens is 200 g/mol. The number of nitrogens with one attached hydrogen (secondary N) is 2. The highest BCUT2D eigenvalue weighted by Gasteiger charge is 2.04. The van der Waals surface area contributed by atoms with Crippen LogP contribution in [0.2, 0.25) is 0 Å². The molecule has 0 aliphatic rings. The number of aryl methyl sites for hydroxylation is 2. The highest BCUT2D eigenvalue weighted by molar-refractivity contribution is 5.16. The van der Waals surface area contributed by atoms with Crippen molar-refractivity contribution in [3.05, 3.63) is 17.5 Å². The molecule has 2 N–H and O–H groups in total. The molecular formula is C12H24N4. The molecule has 1 rings (SSSR count). The first kappa shape index (κ1) is 13.2. The predicted molar refractivity (Wildman–Crippen MR) is 67.4 cm³/mol. The van der Waals surface area contributed by atoms with Crippen LogP contribution < -0.4 is 10.6 Å². The number of rotatable bonds is 7. The molecule has 1 aromatic rings. The minimum Gasteiger partial charge on any atom is -0.313 e. The summed E-state index contributed by atoms with van der Waals surface area (Å²) in [6, 6.07) is 0.561. The Kier molecular flexibility index (Phi) is 5.49. The summed E-state index contributed by atoms with van der Waals surface area (Å²) in [7, 11) is 1.98. The van der Waals surface area contributed by atoms with Crippen LogP contribution in [0.4, 0.5) is 0 Å². The van der Waals surface area contributed by atoms with E-state index in [1.54, 1.807) is 0 Å². The normalized spacial score (nSPS) is 11.3. The molecule has 0 bridgehead atoms. The van der Waals surface area contributed by atoms with Crippen molar-refractivity contribution < 1.29 is 0 Å². The third-order valence-corrected chi connectivity index (χ3v) is 2.50. The smallest absolute Gasteiger partial charge is 0.0666 e. The quantitative estimate of drug-likeness (QED) is 0.681. The molecule has 0 saturated heterocycles. The summed E-state index contributed by atoms with van der Waals surface area (Å²) in [5, 5.41) is 11.2. The van der Waals surface area contributed by atoms with Crippen molar-refractivity contribution in [1.29, 1.82) is 0 Å². The van der Waals surface area contributed by atoms with Gasteiger partial charge in [-0.2, -0.15) is 5.10 Å². The Morgan fingerprint density at radius 3 is 2.75 bits per heavy atom. The van der Waals surface area contributed by atoms with Crippen molar-refractivity contribution >= 4 is 0 Å². The van der Waals surface area contributed by atoms with E-state index in [0.717, 1.165) is 26.1 Å². The number of hydrogen-bond acceptors (Lipinski definition) is 3. The number of aromatic nitrogens is 2. The van der Waals surface area contributed by atoms with E-state index >= 15 is 0 Å². The fourth-order valence-corrected chi connectivity index (χ4v) is 1.70. The molecule has 0 amide bonds. The molecule has 16 heavy (non-hydrogen) atoms. The standard InChI is InChI=1S/C12H24N4/c1-5-12-11(9-16(4)15-12)8-13-6-7-14-10(2)3/h9-10,13-14H,5-8H2,1-4H3. The molecule has 92 valence electrons. The van der Waals surface area contributed by atoms with Crippen LogP contribution in [0, 0.1) is 0 Å². The Morgan fingerprint density at radius 1 is 1.38 bits per heavy atom. The van der Waals surface area contributed by atoms with Gasteiger partial charge in [-0.1, -0.05) is 20.8 Å². The van der Waals surface area contributed by atoms with Gasteiger partial charge in [-0.3, -0.25) is 4.68 Å². The molecule has 0 aliphatic heterocycles. The molecule has 0 saturated carbocycles. The van der Waals surface area contributed by atoms with Gasteiger partial charge in [0.05, 0.1) is 5.69 Å². The Labute approximate surface area is 98.4 Å². The van der Waals surface area contributed by atoms with Gasteiger partial charge < -0.3 is 10.6 Å². The van der Waals surface area contributed by atoms with Crippen LogP contribution in [0.25, 0.3) is 0 Å². The first-order valence-corrected chi connectivity index (χ1v) is 6.09. The molecule has 0 atom stereocenters. The third-order valence-electron chi connectivity index (χ3n) is 2.50. The van der Waals surface area contributed by atoms with Gasteiger partial charge in [-0.25, -0.2) is 0 Å². The average molecular weight is 224 g/mol. The topological polar surface area (TPSA) is 41.9 Å². The molecule has 0 radical (unpaired) electrons. The molecule has 4 heteroatoms. The fourth-order valence-electron chi connectivity index (χ4n) is 1.70. The molecule has 0 aromatic carbocycles. The Bertz CT molecular complexity index is 304. The molecule has 0 spiro atoms. The first-order chi connectivity index (χ1) is 7.63. The SMILES string of the molecule is CCc1nn(C)cc1CNCCNC(C)C. The maximum atomic E-state index is 4.42. The summed E-state index contributed by atoms with van der Waals surface area (Å²) in [6.07, 6.45) is 3.10. The molecule has 4 nitrogen and oxygen atoms in total.